The minimum atomic E-state index is -0.00247. The zero-order valence-corrected chi connectivity index (χ0v) is 10.5. The van der Waals surface area contributed by atoms with E-state index >= 15 is 0 Å². The van der Waals surface area contributed by atoms with Gasteiger partial charge in [-0.3, -0.25) is 14.2 Å². The van der Waals surface area contributed by atoms with Crippen LogP contribution in [0.25, 0.3) is 17.0 Å². The Morgan fingerprint density at radius 3 is 2.90 bits per heavy atom. The molecule has 0 atom stereocenters. The molecule has 0 N–H and O–H groups in total. The molecule has 3 aromatic rings. The number of fused-ring (bicyclic) bond motifs is 3. The third kappa shape index (κ3) is 1.56. The standard InChI is InChI=1S/C15H10N4O/c20-13-3-1-2-11-8-17-15-18-12(9-19(15)14(11)13)10-4-6-16-7-5-10/h1,3-9H,2H2. The van der Waals surface area contributed by atoms with Crippen molar-refractivity contribution in [1.29, 1.82) is 0 Å². The van der Waals surface area contributed by atoms with Crippen molar-refractivity contribution in [2.24, 2.45) is 0 Å². The van der Waals surface area contributed by atoms with Crippen LogP contribution in [0.15, 0.2) is 49.1 Å². The van der Waals surface area contributed by atoms with Crippen molar-refractivity contribution in [1.82, 2.24) is 19.4 Å². The van der Waals surface area contributed by atoms with E-state index < -0.39 is 0 Å². The quantitative estimate of drug-likeness (QED) is 0.673. The van der Waals surface area contributed by atoms with Gasteiger partial charge in [0.25, 0.3) is 0 Å². The highest BCUT2D eigenvalue weighted by Gasteiger charge is 2.18. The van der Waals surface area contributed by atoms with Crippen molar-refractivity contribution in [2.45, 2.75) is 6.42 Å². The molecule has 0 unspecified atom stereocenters. The van der Waals surface area contributed by atoms with Crippen LogP contribution >= 0.6 is 0 Å². The first kappa shape index (κ1) is 11.0. The van der Waals surface area contributed by atoms with Crippen molar-refractivity contribution in [2.75, 3.05) is 0 Å². The predicted molar refractivity (Wildman–Crippen MR) is 73.4 cm³/mol. The maximum atomic E-state index is 12.1. The van der Waals surface area contributed by atoms with Gasteiger partial charge in [-0.05, 0) is 24.6 Å². The summed E-state index contributed by atoms with van der Waals surface area (Å²) in [7, 11) is 0. The Bertz CT molecular complexity index is 849. The van der Waals surface area contributed by atoms with Crippen LogP contribution in [-0.4, -0.2) is 25.1 Å². The van der Waals surface area contributed by atoms with Gasteiger partial charge < -0.3 is 0 Å². The highest BCUT2D eigenvalue weighted by atomic mass is 16.1. The number of hydrogen-bond donors (Lipinski definition) is 0. The molecule has 1 aliphatic rings. The summed E-state index contributed by atoms with van der Waals surface area (Å²) in [6.07, 6.45) is 11.2. The van der Waals surface area contributed by atoms with E-state index in [4.69, 9.17) is 0 Å². The van der Waals surface area contributed by atoms with E-state index in [1.54, 1.807) is 29.1 Å². The van der Waals surface area contributed by atoms with E-state index in [0.29, 0.717) is 11.5 Å². The van der Waals surface area contributed by atoms with Crippen molar-refractivity contribution in [3.63, 3.8) is 0 Å². The highest BCUT2D eigenvalue weighted by molar-refractivity contribution is 6.05. The van der Waals surface area contributed by atoms with Gasteiger partial charge in [-0.1, -0.05) is 6.08 Å². The van der Waals surface area contributed by atoms with Crippen molar-refractivity contribution >= 4 is 11.6 Å². The maximum Gasteiger partial charge on any atom is 0.234 e. The lowest BCUT2D eigenvalue weighted by molar-refractivity contribution is 0.103. The second-order valence-corrected chi connectivity index (χ2v) is 4.63. The van der Waals surface area contributed by atoms with Crippen LogP contribution in [0.1, 0.15) is 16.1 Å². The molecule has 0 fully saturated rings. The summed E-state index contributed by atoms with van der Waals surface area (Å²) in [6, 6.07) is 3.77. The normalized spacial score (nSPS) is 13.7. The van der Waals surface area contributed by atoms with Gasteiger partial charge in [0.1, 0.15) is 5.69 Å². The topological polar surface area (TPSA) is 60.2 Å². The van der Waals surface area contributed by atoms with Gasteiger partial charge in [-0.25, -0.2) is 9.97 Å². The molecule has 4 rings (SSSR count). The molecule has 5 nitrogen and oxygen atoms in total. The monoisotopic (exact) mass is 262 g/mol. The van der Waals surface area contributed by atoms with E-state index in [0.717, 1.165) is 23.2 Å². The number of hydrogen-bond acceptors (Lipinski definition) is 4. The lowest BCUT2D eigenvalue weighted by atomic mass is 10.0. The molecular weight excluding hydrogens is 252 g/mol. The summed E-state index contributed by atoms with van der Waals surface area (Å²) in [4.78, 5) is 24.9. The second-order valence-electron chi connectivity index (χ2n) is 4.63. The maximum absolute atomic E-state index is 12.1. The first-order valence-corrected chi connectivity index (χ1v) is 6.31. The molecule has 0 amide bonds. The zero-order valence-electron chi connectivity index (χ0n) is 10.5. The van der Waals surface area contributed by atoms with Gasteiger partial charge >= 0.3 is 0 Å². The van der Waals surface area contributed by atoms with E-state index in [2.05, 4.69) is 15.0 Å². The van der Waals surface area contributed by atoms with Crippen molar-refractivity contribution < 1.29 is 4.79 Å². The largest absolute Gasteiger partial charge is 0.288 e. The number of imidazole rings is 1. The average molecular weight is 262 g/mol. The fraction of sp³-hybridized carbons (Fsp3) is 0.0667. The van der Waals surface area contributed by atoms with Crippen molar-refractivity contribution in [3.05, 3.63) is 60.3 Å². The number of ketones is 1. The van der Waals surface area contributed by atoms with E-state index in [1.165, 1.54) is 0 Å². The number of pyridine rings is 1. The molecule has 0 spiro atoms. The summed E-state index contributed by atoms with van der Waals surface area (Å²) in [5, 5.41) is 0. The van der Waals surface area contributed by atoms with E-state index in [-0.39, 0.29) is 5.78 Å². The van der Waals surface area contributed by atoms with Crippen LogP contribution in [0.2, 0.25) is 0 Å². The molecule has 0 aromatic carbocycles. The van der Waals surface area contributed by atoms with Gasteiger partial charge in [0.05, 0.1) is 5.69 Å². The summed E-state index contributed by atoms with van der Waals surface area (Å²) < 4.78 is 1.77. The Balaban J connectivity index is 1.98. The molecule has 0 aliphatic heterocycles. The van der Waals surface area contributed by atoms with Gasteiger partial charge in [-0.15, -0.1) is 0 Å². The smallest absolute Gasteiger partial charge is 0.234 e. The summed E-state index contributed by atoms with van der Waals surface area (Å²) in [6.45, 7) is 0. The lowest BCUT2D eigenvalue weighted by Gasteiger charge is -2.10. The van der Waals surface area contributed by atoms with E-state index in [9.17, 15) is 4.79 Å². The lowest BCUT2D eigenvalue weighted by Crippen LogP contribution is -2.12. The molecule has 3 aromatic heterocycles. The Kier molecular flexibility index (Phi) is 2.26. The van der Waals surface area contributed by atoms with Crippen LogP contribution in [0, 0.1) is 0 Å². The molecule has 20 heavy (non-hydrogen) atoms. The second kappa shape index (κ2) is 4.09. The third-order valence-corrected chi connectivity index (χ3v) is 3.38. The number of carbonyl (C=O) groups excluding carboxylic acids is 1. The minimum Gasteiger partial charge on any atom is -0.288 e. The highest BCUT2D eigenvalue weighted by Crippen LogP contribution is 2.22. The van der Waals surface area contributed by atoms with Crippen molar-refractivity contribution in [3.8, 4) is 11.3 Å². The molecule has 0 saturated heterocycles. The van der Waals surface area contributed by atoms with Gasteiger partial charge in [0, 0.05) is 35.9 Å². The summed E-state index contributed by atoms with van der Waals surface area (Å²) in [5.41, 5.74) is 3.34. The fourth-order valence-corrected chi connectivity index (χ4v) is 2.44. The third-order valence-electron chi connectivity index (χ3n) is 3.38. The fourth-order valence-electron chi connectivity index (χ4n) is 2.44. The van der Waals surface area contributed by atoms with Gasteiger partial charge in [0.15, 0.2) is 0 Å². The molecule has 96 valence electrons. The van der Waals surface area contributed by atoms with Crippen LogP contribution in [0.4, 0.5) is 0 Å². The Labute approximate surface area is 114 Å². The predicted octanol–water partition coefficient (Wildman–Crippen LogP) is 2.09. The van der Waals surface area contributed by atoms with Crippen LogP contribution in [0.3, 0.4) is 0 Å². The van der Waals surface area contributed by atoms with Crippen LogP contribution in [-0.2, 0) is 6.42 Å². The average Bonchev–Trinajstić information content (AvgIpc) is 2.92. The molecular formula is C15H10N4O. The molecule has 5 heteroatoms. The minimum absolute atomic E-state index is 0.00247. The van der Waals surface area contributed by atoms with E-state index in [1.807, 2.05) is 24.4 Å². The molecule has 0 bridgehead atoms. The summed E-state index contributed by atoms with van der Waals surface area (Å²) in [5.74, 6) is 0.538. The zero-order chi connectivity index (χ0) is 13.5. The van der Waals surface area contributed by atoms with Crippen LogP contribution < -0.4 is 0 Å². The number of allylic oxidation sites excluding steroid dienone is 2. The molecule has 3 heterocycles. The molecule has 0 saturated carbocycles. The Morgan fingerprint density at radius 2 is 2.05 bits per heavy atom. The Morgan fingerprint density at radius 1 is 1.20 bits per heavy atom. The van der Waals surface area contributed by atoms with Crippen LogP contribution in [0.5, 0.6) is 0 Å². The first-order valence-electron chi connectivity index (χ1n) is 6.31. The van der Waals surface area contributed by atoms with Gasteiger partial charge in [0.2, 0.25) is 11.6 Å². The number of carbonyl (C=O) groups is 1. The first-order chi connectivity index (χ1) is 9.83. The molecule has 0 radical (unpaired) electrons. The number of aromatic nitrogens is 4. The SMILES string of the molecule is O=C1C=CCc2cnc3nc(-c4ccncc4)cn3c21. The van der Waals surface area contributed by atoms with Gasteiger partial charge in [-0.2, -0.15) is 0 Å². The number of nitrogens with zero attached hydrogens (tertiary/aromatic N) is 4. The summed E-state index contributed by atoms with van der Waals surface area (Å²) >= 11 is 0. The Hall–Kier alpha value is -2.82. The molecule has 1 aliphatic carbocycles. The number of rotatable bonds is 1.